The van der Waals surface area contributed by atoms with E-state index in [-0.39, 0.29) is 18.9 Å². The van der Waals surface area contributed by atoms with Crippen LogP contribution in [0.1, 0.15) is 85.8 Å². The molecule has 0 spiro atoms. The van der Waals surface area contributed by atoms with Gasteiger partial charge in [-0.05, 0) is 114 Å². The Labute approximate surface area is 476 Å². The number of carbonyl (C=O) groups excluding carboxylic acids is 2. The van der Waals surface area contributed by atoms with Crippen LogP contribution in [0.2, 0.25) is 0 Å². The van der Waals surface area contributed by atoms with Gasteiger partial charge in [-0.3, -0.25) is 24.1 Å². The zero-order valence-electron chi connectivity index (χ0n) is 46.4. The molecule has 0 bridgehead atoms. The maximum absolute atomic E-state index is 13.8. The Bertz CT molecular complexity index is 3190. The van der Waals surface area contributed by atoms with Crippen LogP contribution in [0.5, 0.6) is 11.5 Å². The van der Waals surface area contributed by atoms with Crippen molar-refractivity contribution in [1.29, 1.82) is 0 Å². The van der Waals surface area contributed by atoms with Gasteiger partial charge in [0.1, 0.15) is 24.8 Å². The number of ether oxygens (including phenoxy) is 5. The standard InChI is InChI=1S/C64H68N2O16/c1-6-52(44-20-12-8-13-21-44)58(46-24-16-10-17-25-46)48-28-32-50(33-29-48)78-37-36-66(5)43-80-57(72)41-63(61(75)76,39-55(69)70)82-64(65(3)4,42-79-56(71)40-62(77,60(73)74)38-54(67)68)81-51-34-30-49(31-35-51)59(47-26-18-11-19-27-47)53(7-2)45-22-14-9-15-23-45/h8-35,77H,6-7,36-43H2,1-5H3,(H,67,68)(H,69,70)(H,73,74)(H,75,76)/b58-52-,59-53?. The lowest BCUT2D eigenvalue weighted by Crippen LogP contribution is -2.63. The first-order chi connectivity index (χ1) is 39.2. The summed E-state index contributed by atoms with van der Waals surface area (Å²) in [6.45, 7) is 2.93. The minimum absolute atomic E-state index is 0.0500. The van der Waals surface area contributed by atoms with E-state index in [9.17, 15) is 54.3 Å². The second-order valence-electron chi connectivity index (χ2n) is 19.6. The third-order valence-electron chi connectivity index (χ3n) is 13.4. The van der Waals surface area contributed by atoms with Crippen molar-refractivity contribution in [2.24, 2.45) is 0 Å². The van der Waals surface area contributed by atoms with Crippen LogP contribution in [-0.2, 0) is 43.0 Å². The van der Waals surface area contributed by atoms with Gasteiger partial charge in [0.15, 0.2) is 17.8 Å². The first-order valence-corrected chi connectivity index (χ1v) is 26.4. The average molecular weight is 1120 g/mol. The van der Waals surface area contributed by atoms with Crippen molar-refractivity contribution in [2.75, 3.05) is 47.6 Å². The smallest absolute Gasteiger partial charge is 0.337 e. The zero-order chi connectivity index (χ0) is 59.5. The summed E-state index contributed by atoms with van der Waals surface area (Å²) in [6.07, 6.45) is -3.99. The molecule has 0 radical (unpaired) electrons. The van der Waals surface area contributed by atoms with E-state index < -0.39 is 91.9 Å². The number of likely N-dealkylation sites (N-methyl/N-ethyl adjacent to an activating group) is 2. The highest BCUT2D eigenvalue weighted by Gasteiger charge is 2.54. The molecule has 0 fully saturated rings. The quantitative estimate of drug-likeness (QED) is 0.0154. The second kappa shape index (κ2) is 29.0. The fourth-order valence-corrected chi connectivity index (χ4v) is 9.21. The van der Waals surface area contributed by atoms with Gasteiger partial charge in [-0.2, -0.15) is 0 Å². The van der Waals surface area contributed by atoms with Crippen molar-refractivity contribution in [2.45, 2.75) is 69.5 Å². The first kappa shape index (κ1) is 62.3. The zero-order valence-corrected chi connectivity index (χ0v) is 46.4. The average Bonchev–Trinajstić information content (AvgIpc) is 3.66. The van der Waals surface area contributed by atoms with Crippen LogP contribution >= 0.6 is 0 Å². The Balaban J connectivity index is 1.23. The fourth-order valence-electron chi connectivity index (χ4n) is 9.21. The van der Waals surface area contributed by atoms with E-state index in [4.69, 9.17) is 23.7 Å². The summed E-state index contributed by atoms with van der Waals surface area (Å²) in [4.78, 5) is 79.4. The lowest BCUT2D eigenvalue weighted by atomic mass is 9.88. The third kappa shape index (κ3) is 16.6. The molecule has 6 rings (SSSR count). The fraction of sp³-hybridized carbons (Fsp3) is 0.281. The van der Waals surface area contributed by atoms with Gasteiger partial charge >= 0.3 is 41.7 Å². The summed E-state index contributed by atoms with van der Waals surface area (Å²) in [5.74, 6) is -12.3. The third-order valence-corrected chi connectivity index (χ3v) is 13.4. The number of carbonyl (C=O) groups is 6. The molecular weight excluding hydrogens is 1050 g/mol. The van der Waals surface area contributed by atoms with E-state index in [1.54, 1.807) is 24.1 Å². The number of allylic oxidation sites excluding steroid dienone is 2. The van der Waals surface area contributed by atoms with Crippen LogP contribution in [0.15, 0.2) is 170 Å². The van der Waals surface area contributed by atoms with Crippen LogP contribution in [0.4, 0.5) is 0 Å². The first-order valence-electron chi connectivity index (χ1n) is 26.4. The van der Waals surface area contributed by atoms with Crippen molar-refractivity contribution in [3.05, 3.63) is 203 Å². The predicted molar refractivity (Wildman–Crippen MR) is 306 cm³/mol. The maximum atomic E-state index is 13.8. The number of hydrogen-bond donors (Lipinski definition) is 5. The summed E-state index contributed by atoms with van der Waals surface area (Å²) >= 11 is 0. The molecule has 0 saturated heterocycles. The van der Waals surface area contributed by atoms with E-state index >= 15 is 0 Å². The molecule has 3 unspecified atom stereocenters. The van der Waals surface area contributed by atoms with Gasteiger partial charge in [-0.25, -0.2) is 14.5 Å². The van der Waals surface area contributed by atoms with Gasteiger partial charge < -0.3 is 49.2 Å². The number of carboxylic acid groups (broad SMARTS) is 4. The molecule has 6 aromatic carbocycles. The van der Waals surface area contributed by atoms with E-state index in [1.807, 2.05) is 128 Å². The lowest BCUT2D eigenvalue weighted by molar-refractivity contribution is -0.323. The number of nitrogens with zero attached hydrogens (tertiary/aromatic N) is 2. The minimum atomic E-state index is -3.14. The summed E-state index contributed by atoms with van der Waals surface area (Å²) < 4.78 is 29.6. The Hall–Kier alpha value is -8.94. The molecule has 5 N–H and O–H groups in total. The molecule has 3 atom stereocenters. The normalized spacial score (nSPS) is 14.2. The maximum Gasteiger partial charge on any atom is 0.337 e. The van der Waals surface area contributed by atoms with E-state index in [2.05, 4.69) is 31.2 Å². The van der Waals surface area contributed by atoms with E-state index in [0.717, 1.165) is 61.4 Å². The van der Waals surface area contributed by atoms with Gasteiger partial charge in [-0.15, -0.1) is 0 Å². The van der Waals surface area contributed by atoms with Crippen molar-refractivity contribution in [3.63, 3.8) is 0 Å². The second-order valence-corrected chi connectivity index (χ2v) is 19.6. The highest BCUT2D eigenvalue weighted by Crippen LogP contribution is 2.39. The Morgan fingerprint density at radius 2 is 0.890 bits per heavy atom. The molecule has 18 nitrogen and oxygen atoms in total. The molecule has 18 heteroatoms. The number of aliphatic hydroxyl groups is 1. The molecular formula is C64H68N2O16. The lowest BCUT2D eigenvalue weighted by Gasteiger charge is -2.43. The number of hydrogen-bond acceptors (Lipinski definition) is 14. The molecule has 82 heavy (non-hydrogen) atoms. The van der Waals surface area contributed by atoms with Crippen LogP contribution in [0, 0.1) is 0 Å². The molecule has 0 aliphatic carbocycles. The van der Waals surface area contributed by atoms with Crippen LogP contribution in [-0.4, -0.2) is 136 Å². The molecule has 0 aromatic heterocycles. The summed E-state index contributed by atoms with van der Waals surface area (Å²) in [5, 5.41) is 50.8. The Morgan fingerprint density at radius 3 is 1.29 bits per heavy atom. The number of carboxylic acids is 4. The number of rotatable bonds is 31. The van der Waals surface area contributed by atoms with Gasteiger partial charge in [0.25, 0.3) is 0 Å². The molecule has 0 amide bonds. The molecule has 0 aliphatic heterocycles. The SMILES string of the molecule is CCC(=C(c1ccccc1)c1ccc(OC(COC(=O)CC(O)(CC(=O)O)C(=O)O)(OC(CC(=O)O)(CC(=O)OCN(C)CCOc2ccc(/C(=C(/CC)c3ccccc3)c3ccccc3)cc2)C(=O)O)N(C)C)cc1)c1ccccc1. The van der Waals surface area contributed by atoms with Crippen molar-refractivity contribution in [1.82, 2.24) is 9.80 Å². The molecule has 430 valence electrons. The topological polar surface area (TPSA) is 256 Å². The van der Waals surface area contributed by atoms with Crippen LogP contribution < -0.4 is 9.47 Å². The predicted octanol–water partition coefficient (Wildman–Crippen LogP) is 9.46. The molecule has 6 aromatic rings. The van der Waals surface area contributed by atoms with Crippen LogP contribution in [0.25, 0.3) is 22.3 Å². The number of benzene rings is 6. The summed E-state index contributed by atoms with van der Waals surface area (Å²) in [5.41, 5.74) is 3.75. The largest absolute Gasteiger partial charge is 0.492 e. The summed E-state index contributed by atoms with van der Waals surface area (Å²) in [7, 11) is 4.21. The number of aliphatic carboxylic acids is 4. The van der Waals surface area contributed by atoms with Crippen LogP contribution in [0.3, 0.4) is 0 Å². The van der Waals surface area contributed by atoms with Gasteiger partial charge in [0.05, 0.1) is 25.7 Å². The summed E-state index contributed by atoms with van der Waals surface area (Å²) in [6, 6.07) is 53.8. The Morgan fingerprint density at radius 1 is 0.476 bits per heavy atom. The van der Waals surface area contributed by atoms with Gasteiger partial charge in [-0.1, -0.05) is 159 Å². The Kier molecular flexibility index (Phi) is 22.0. The van der Waals surface area contributed by atoms with Crippen molar-refractivity contribution in [3.8, 4) is 11.5 Å². The van der Waals surface area contributed by atoms with Crippen molar-refractivity contribution >= 4 is 58.1 Å². The van der Waals surface area contributed by atoms with Gasteiger partial charge in [0.2, 0.25) is 0 Å². The minimum Gasteiger partial charge on any atom is -0.492 e. The monoisotopic (exact) mass is 1120 g/mol. The molecule has 0 saturated carbocycles. The number of esters is 2. The molecule has 0 aliphatic rings. The molecule has 0 heterocycles. The van der Waals surface area contributed by atoms with E-state index in [0.29, 0.717) is 12.2 Å². The highest BCUT2D eigenvalue weighted by molar-refractivity contribution is 6.00. The van der Waals surface area contributed by atoms with Gasteiger partial charge in [0, 0.05) is 6.54 Å². The highest BCUT2D eigenvalue weighted by atomic mass is 16.8. The van der Waals surface area contributed by atoms with E-state index in [1.165, 1.54) is 31.8 Å². The van der Waals surface area contributed by atoms with Crippen molar-refractivity contribution < 1.29 is 78.0 Å².